The Kier molecular flexibility index (Phi) is 21.8. The van der Waals surface area contributed by atoms with Gasteiger partial charge in [-0.15, -0.1) is 0 Å². The predicted octanol–water partition coefficient (Wildman–Crippen LogP) is 13.5. The Morgan fingerprint density at radius 1 is 0.597 bits per heavy atom. The normalized spacial score (nSPS) is 15.4. The van der Waals surface area contributed by atoms with Gasteiger partial charge in [0.05, 0.1) is 19.1 Å². The van der Waals surface area contributed by atoms with Crippen LogP contribution in [0, 0.1) is 6.92 Å². The number of rotatable bonds is 16. The fraction of sp³-hybridized carbons (Fsp3) is 0.406. The van der Waals surface area contributed by atoms with Gasteiger partial charge in [0.2, 0.25) is 0 Å². The van der Waals surface area contributed by atoms with Gasteiger partial charge in [0.25, 0.3) is 5.91 Å². The number of nitrogens with one attached hydrogen (secondary N) is 2. The number of ether oxygens (including phenoxy) is 4. The van der Waals surface area contributed by atoms with Crippen LogP contribution in [0.1, 0.15) is 143 Å². The molecular formula is C64H76N2O11. The molecule has 13 nitrogen and oxygen atoms in total. The van der Waals surface area contributed by atoms with Crippen LogP contribution in [0.15, 0.2) is 120 Å². The molecule has 1 amide bonds. The molecular weight excluding hydrogens is 973 g/mol. The van der Waals surface area contributed by atoms with E-state index in [4.69, 9.17) is 23.4 Å². The quantitative estimate of drug-likeness (QED) is 0.0532. The minimum absolute atomic E-state index is 0.00243. The number of carboxylic acid groups (broad SMARTS) is 2. The van der Waals surface area contributed by atoms with Gasteiger partial charge in [0.15, 0.2) is 24.4 Å². The van der Waals surface area contributed by atoms with Gasteiger partial charge in [0.1, 0.15) is 36.9 Å². The van der Waals surface area contributed by atoms with Crippen LogP contribution in [0.3, 0.4) is 0 Å². The lowest BCUT2D eigenvalue weighted by Gasteiger charge is -2.24. The highest BCUT2D eigenvalue weighted by atomic mass is 16.6. The second-order valence-electron chi connectivity index (χ2n) is 19.9. The van der Waals surface area contributed by atoms with Crippen molar-refractivity contribution in [3.05, 3.63) is 143 Å². The number of carbonyl (C=O) groups excluding carboxylic acids is 2. The molecule has 6 aromatic carbocycles. The fourth-order valence-electron chi connectivity index (χ4n) is 10.6. The molecule has 0 bridgehead atoms. The number of hydrogen-bond donors (Lipinski definition) is 4. The average Bonchev–Trinajstić information content (AvgIpc) is 3.59. The van der Waals surface area contributed by atoms with Crippen molar-refractivity contribution in [1.29, 1.82) is 0 Å². The lowest BCUT2D eigenvalue weighted by Crippen LogP contribution is -2.37. The number of benzene rings is 6. The number of aliphatic carboxylic acids is 2. The van der Waals surface area contributed by atoms with E-state index in [2.05, 4.69) is 17.7 Å². The van der Waals surface area contributed by atoms with E-state index in [9.17, 15) is 29.4 Å². The van der Waals surface area contributed by atoms with Crippen molar-refractivity contribution < 1.29 is 52.8 Å². The third-order valence-corrected chi connectivity index (χ3v) is 14.6. The van der Waals surface area contributed by atoms with Crippen LogP contribution < -0.4 is 29.6 Å². The molecule has 10 rings (SSSR count). The second-order valence-corrected chi connectivity index (χ2v) is 19.9. The van der Waals surface area contributed by atoms with Crippen LogP contribution in [0.4, 0.5) is 0 Å². The molecule has 0 saturated heterocycles. The number of aryl methyl sites for hydroxylation is 1. The van der Waals surface area contributed by atoms with Crippen LogP contribution in [-0.4, -0.2) is 79.9 Å². The molecule has 2 fully saturated rings. The molecule has 77 heavy (non-hydrogen) atoms. The number of amides is 1. The zero-order valence-electron chi connectivity index (χ0n) is 45.2. The zero-order valence-corrected chi connectivity index (χ0v) is 45.2. The van der Waals surface area contributed by atoms with E-state index >= 15 is 0 Å². The zero-order chi connectivity index (χ0) is 54.5. The van der Waals surface area contributed by atoms with E-state index in [-0.39, 0.29) is 49.8 Å². The monoisotopic (exact) mass is 1050 g/mol. The highest BCUT2D eigenvalue weighted by Gasteiger charge is 2.25. The molecule has 2 saturated carbocycles. The smallest absolute Gasteiger partial charge is 0.304 e. The van der Waals surface area contributed by atoms with Gasteiger partial charge in [-0.2, -0.15) is 0 Å². The summed E-state index contributed by atoms with van der Waals surface area (Å²) in [5, 5.41) is 30.5. The Balaban J connectivity index is 0.000000192. The molecule has 2 heterocycles. The number of fused-ring (bicyclic) bond motifs is 4. The Labute approximate surface area is 452 Å². The summed E-state index contributed by atoms with van der Waals surface area (Å²) in [5.74, 6) is 0.0643. The van der Waals surface area contributed by atoms with Gasteiger partial charge >= 0.3 is 11.9 Å². The SMILES string of the molecule is CC.CNC1CCCCCC1.Cc1cc2c(cc1C(CC(=O)O)c1ccc3ccc(OCC(=O)NC4CCCCCC4)cc3c1)OCCO2.O=CCOc1ccc2ccc(C(CC(=O)O)c3ccc4occc4c3)cc2c1. The predicted molar refractivity (Wildman–Crippen MR) is 303 cm³/mol. The summed E-state index contributed by atoms with van der Waals surface area (Å²) >= 11 is 0. The number of carbonyl (C=O) groups is 4. The molecule has 2 aliphatic carbocycles. The lowest BCUT2D eigenvalue weighted by atomic mass is 9.85. The third-order valence-electron chi connectivity index (χ3n) is 14.6. The topological polar surface area (TPSA) is 183 Å². The first-order valence-corrected chi connectivity index (χ1v) is 27.6. The van der Waals surface area contributed by atoms with Crippen molar-refractivity contribution in [1.82, 2.24) is 10.6 Å². The summed E-state index contributed by atoms with van der Waals surface area (Å²) < 4.78 is 28.1. The Bertz CT molecular complexity index is 3040. The molecule has 0 spiro atoms. The van der Waals surface area contributed by atoms with Crippen LogP contribution in [0.25, 0.3) is 32.5 Å². The summed E-state index contributed by atoms with van der Waals surface area (Å²) in [4.78, 5) is 46.4. The van der Waals surface area contributed by atoms with E-state index in [0.29, 0.717) is 42.5 Å². The summed E-state index contributed by atoms with van der Waals surface area (Å²) in [6.45, 7) is 6.91. The van der Waals surface area contributed by atoms with Crippen molar-refractivity contribution in [2.45, 2.75) is 135 Å². The number of furan rings is 1. The van der Waals surface area contributed by atoms with Crippen molar-refractivity contribution in [3.63, 3.8) is 0 Å². The largest absolute Gasteiger partial charge is 0.486 e. The first-order valence-electron chi connectivity index (χ1n) is 27.6. The minimum atomic E-state index is -0.874. The summed E-state index contributed by atoms with van der Waals surface area (Å²) in [5.41, 5.74) is 5.35. The molecule has 2 atom stereocenters. The molecule has 2 unspecified atom stereocenters. The molecule has 0 radical (unpaired) electrons. The standard InChI is InChI=1S/C31H35NO6.C23H18O5.C8H17N.C2H6/c1-20-14-28-29(37-13-12-36-28)17-26(20)27(18-31(34)35)22-9-8-21-10-11-25(16-23(21)15-22)38-19-30(33)32-24-6-4-2-3-5-7-24;24-8-10-27-20-5-3-15-1-2-16(12-19(15)13-20)21(14-23(25)26)17-4-6-22-18(11-17)7-9-28-22;1-9-8-6-4-2-3-5-7-8;1-2/h8-11,14-17,24,27H,2-7,12-13,18-19H2,1H3,(H,32,33)(H,34,35);1-9,11-13,21H,10,14H2,(H,25,26);8-9H,2-7H2,1H3;1-2H3. The van der Waals surface area contributed by atoms with Gasteiger partial charge in [0, 0.05) is 29.3 Å². The van der Waals surface area contributed by atoms with Crippen molar-refractivity contribution in [2.24, 2.45) is 0 Å². The van der Waals surface area contributed by atoms with Crippen molar-refractivity contribution in [2.75, 3.05) is 33.5 Å². The van der Waals surface area contributed by atoms with Crippen molar-refractivity contribution in [3.8, 4) is 23.0 Å². The number of carboxylic acids is 2. The van der Waals surface area contributed by atoms with Crippen LogP contribution >= 0.6 is 0 Å². The Morgan fingerprint density at radius 2 is 1.10 bits per heavy atom. The average molecular weight is 1050 g/mol. The summed E-state index contributed by atoms with van der Waals surface area (Å²) in [6.07, 6.45) is 17.7. The first kappa shape index (κ1) is 57.3. The van der Waals surface area contributed by atoms with Crippen LogP contribution in [0.5, 0.6) is 23.0 Å². The molecule has 13 heteroatoms. The molecule has 4 N–H and O–H groups in total. The summed E-state index contributed by atoms with van der Waals surface area (Å²) in [6, 6.07) is 35.7. The lowest BCUT2D eigenvalue weighted by molar-refractivity contribution is -0.138. The Morgan fingerprint density at radius 3 is 1.68 bits per heavy atom. The summed E-state index contributed by atoms with van der Waals surface area (Å²) in [7, 11) is 2.08. The van der Waals surface area contributed by atoms with E-state index in [1.54, 1.807) is 6.26 Å². The highest BCUT2D eigenvalue weighted by Crippen LogP contribution is 2.40. The van der Waals surface area contributed by atoms with E-state index in [0.717, 1.165) is 92.1 Å². The molecule has 408 valence electrons. The van der Waals surface area contributed by atoms with Crippen LogP contribution in [0.2, 0.25) is 0 Å². The number of aldehydes is 1. The second kappa shape index (κ2) is 29.2. The van der Waals surface area contributed by atoms with E-state index in [1.165, 1.54) is 51.4 Å². The third kappa shape index (κ3) is 16.6. The van der Waals surface area contributed by atoms with Gasteiger partial charge in [-0.25, -0.2) is 0 Å². The van der Waals surface area contributed by atoms with Gasteiger partial charge in [-0.3, -0.25) is 19.2 Å². The maximum atomic E-state index is 12.5. The fourth-order valence-corrected chi connectivity index (χ4v) is 10.6. The van der Waals surface area contributed by atoms with E-state index < -0.39 is 11.9 Å². The maximum Gasteiger partial charge on any atom is 0.304 e. The number of hydrogen-bond acceptors (Lipinski definition) is 10. The minimum Gasteiger partial charge on any atom is -0.486 e. The van der Waals surface area contributed by atoms with Crippen molar-refractivity contribution >= 4 is 56.6 Å². The molecule has 3 aliphatic rings. The van der Waals surface area contributed by atoms with E-state index in [1.807, 2.05) is 130 Å². The van der Waals surface area contributed by atoms with Gasteiger partial charge in [-0.1, -0.05) is 120 Å². The highest BCUT2D eigenvalue weighted by molar-refractivity contribution is 5.87. The first-order chi connectivity index (χ1) is 37.5. The van der Waals surface area contributed by atoms with Gasteiger partial charge in [-0.05, 0) is 144 Å². The molecule has 1 aliphatic heterocycles. The van der Waals surface area contributed by atoms with Crippen LogP contribution in [-0.2, 0) is 19.2 Å². The molecule has 7 aromatic rings. The van der Waals surface area contributed by atoms with Gasteiger partial charge < -0.3 is 44.2 Å². The molecule has 1 aromatic heterocycles. The Hall–Kier alpha value is -7.38. The maximum absolute atomic E-state index is 12.5.